The number of likely N-dealkylation sites (tertiary alicyclic amines) is 1. The Bertz CT molecular complexity index is 793. The van der Waals surface area contributed by atoms with Crippen molar-refractivity contribution in [3.63, 3.8) is 0 Å². The van der Waals surface area contributed by atoms with E-state index in [0.29, 0.717) is 28.8 Å². The first-order valence-electron chi connectivity index (χ1n) is 8.59. The minimum atomic E-state index is -0.184. The number of ether oxygens (including phenoxy) is 2. The maximum atomic E-state index is 12.9. The van der Waals surface area contributed by atoms with Gasteiger partial charge >= 0.3 is 6.03 Å². The van der Waals surface area contributed by atoms with Crippen LogP contribution in [-0.4, -0.2) is 41.5 Å². The number of aryl methyl sites for hydroxylation is 1. The number of rotatable bonds is 5. The molecule has 7 nitrogen and oxygen atoms in total. The van der Waals surface area contributed by atoms with Gasteiger partial charge in [0.15, 0.2) is 0 Å². The molecule has 2 heterocycles. The van der Waals surface area contributed by atoms with Gasteiger partial charge in [-0.2, -0.15) is 5.10 Å². The van der Waals surface area contributed by atoms with E-state index in [9.17, 15) is 4.79 Å². The predicted molar refractivity (Wildman–Crippen MR) is 100 cm³/mol. The molecule has 0 saturated carbocycles. The second-order valence-corrected chi connectivity index (χ2v) is 6.45. The fourth-order valence-corrected chi connectivity index (χ4v) is 3.59. The zero-order chi connectivity index (χ0) is 18.7. The van der Waals surface area contributed by atoms with Crippen molar-refractivity contribution in [2.45, 2.75) is 32.4 Å². The van der Waals surface area contributed by atoms with Gasteiger partial charge in [-0.1, -0.05) is 11.6 Å². The molecule has 1 fully saturated rings. The quantitative estimate of drug-likeness (QED) is 0.855. The fourth-order valence-electron chi connectivity index (χ4n) is 3.35. The van der Waals surface area contributed by atoms with Crippen LogP contribution in [0.5, 0.6) is 11.5 Å². The molecule has 1 aromatic heterocycles. The van der Waals surface area contributed by atoms with Crippen molar-refractivity contribution in [3.05, 3.63) is 35.1 Å². The van der Waals surface area contributed by atoms with Crippen LogP contribution in [-0.2, 0) is 6.54 Å². The minimum Gasteiger partial charge on any atom is -0.495 e. The highest BCUT2D eigenvalue weighted by atomic mass is 35.5. The Morgan fingerprint density at radius 3 is 2.81 bits per heavy atom. The summed E-state index contributed by atoms with van der Waals surface area (Å²) in [4.78, 5) is 14.7. The molecule has 1 atom stereocenters. The standard InChI is InChI=1S/C18H23ClN4O3/c1-4-23-15(7-8-20-23)14-6-5-9-22(14)18(24)21-13-10-12(19)16(25-2)11-17(13)26-3/h7-8,10-11,14H,4-6,9H2,1-3H3,(H,21,24)/t14-/m1/s1. The van der Waals surface area contributed by atoms with Crippen LogP contribution in [0.15, 0.2) is 24.4 Å². The molecule has 0 spiro atoms. The maximum Gasteiger partial charge on any atom is 0.322 e. The number of amides is 2. The van der Waals surface area contributed by atoms with E-state index in [1.807, 2.05) is 22.6 Å². The van der Waals surface area contributed by atoms with Crippen LogP contribution in [0, 0.1) is 0 Å². The van der Waals surface area contributed by atoms with Gasteiger partial charge in [0.25, 0.3) is 0 Å². The second-order valence-electron chi connectivity index (χ2n) is 6.04. The Hall–Kier alpha value is -2.41. The highest BCUT2D eigenvalue weighted by molar-refractivity contribution is 6.32. The molecule has 8 heteroatoms. The lowest BCUT2D eigenvalue weighted by molar-refractivity contribution is 0.204. The van der Waals surface area contributed by atoms with Gasteiger partial charge in [-0.3, -0.25) is 4.68 Å². The van der Waals surface area contributed by atoms with Crippen molar-refractivity contribution in [2.24, 2.45) is 0 Å². The average Bonchev–Trinajstić information content (AvgIpc) is 3.30. The summed E-state index contributed by atoms with van der Waals surface area (Å²) in [6.45, 7) is 3.51. The number of hydrogen-bond acceptors (Lipinski definition) is 4. The van der Waals surface area contributed by atoms with E-state index >= 15 is 0 Å². The van der Waals surface area contributed by atoms with E-state index in [4.69, 9.17) is 21.1 Å². The molecule has 1 aliphatic rings. The summed E-state index contributed by atoms with van der Waals surface area (Å²) in [6, 6.07) is 5.10. The molecule has 1 aliphatic heterocycles. The number of halogens is 1. The number of nitrogens with one attached hydrogen (secondary N) is 1. The Morgan fingerprint density at radius 2 is 2.12 bits per heavy atom. The smallest absolute Gasteiger partial charge is 0.322 e. The molecule has 2 aromatic rings. The number of aromatic nitrogens is 2. The molecule has 1 aromatic carbocycles. The second kappa shape index (κ2) is 7.86. The lowest BCUT2D eigenvalue weighted by atomic mass is 10.1. The third-order valence-corrected chi connectivity index (χ3v) is 4.91. The lowest BCUT2D eigenvalue weighted by Gasteiger charge is -2.26. The van der Waals surface area contributed by atoms with Crippen molar-refractivity contribution in [2.75, 3.05) is 26.1 Å². The fraction of sp³-hybridized carbons (Fsp3) is 0.444. The average molecular weight is 379 g/mol. The third kappa shape index (κ3) is 3.44. The van der Waals surface area contributed by atoms with Crippen LogP contribution in [0.3, 0.4) is 0 Å². The molecule has 26 heavy (non-hydrogen) atoms. The zero-order valence-electron chi connectivity index (χ0n) is 15.2. The van der Waals surface area contributed by atoms with E-state index in [2.05, 4.69) is 10.4 Å². The number of nitrogens with zero attached hydrogens (tertiary/aromatic N) is 3. The summed E-state index contributed by atoms with van der Waals surface area (Å²) < 4.78 is 12.5. The zero-order valence-corrected chi connectivity index (χ0v) is 15.9. The summed E-state index contributed by atoms with van der Waals surface area (Å²) in [5.41, 5.74) is 1.57. The van der Waals surface area contributed by atoms with Gasteiger partial charge in [0.1, 0.15) is 11.5 Å². The third-order valence-electron chi connectivity index (χ3n) is 4.62. The first kappa shape index (κ1) is 18.4. The number of carbonyl (C=O) groups excluding carboxylic acids is 1. The molecular formula is C18H23ClN4O3. The van der Waals surface area contributed by atoms with E-state index in [1.165, 1.54) is 14.2 Å². The lowest BCUT2D eigenvalue weighted by Crippen LogP contribution is -2.35. The van der Waals surface area contributed by atoms with Gasteiger partial charge in [-0.05, 0) is 31.9 Å². The molecular weight excluding hydrogens is 356 g/mol. The van der Waals surface area contributed by atoms with Crippen molar-refractivity contribution in [1.29, 1.82) is 0 Å². The number of carbonyl (C=O) groups is 1. The van der Waals surface area contributed by atoms with Crippen molar-refractivity contribution in [3.8, 4) is 11.5 Å². The van der Waals surface area contributed by atoms with Crippen LogP contribution in [0.1, 0.15) is 31.5 Å². The summed E-state index contributed by atoms with van der Waals surface area (Å²) in [5, 5.41) is 7.65. The summed E-state index contributed by atoms with van der Waals surface area (Å²) in [6.07, 6.45) is 3.65. The van der Waals surface area contributed by atoms with Crippen LogP contribution >= 0.6 is 11.6 Å². The normalized spacial score (nSPS) is 16.6. The van der Waals surface area contributed by atoms with E-state index in [-0.39, 0.29) is 12.1 Å². The van der Waals surface area contributed by atoms with Crippen LogP contribution < -0.4 is 14.8 Å². The van der Waals surface area contributed by atoms with Gasteiger partial charge in [-0.25, -0.2) is 4.79 Å². The maximum absolute atomic E-state index is 12.9. The molecule has 0 radical (unpaired) electrons. The molecule has 1 N–H and O–H groups in total. The topological polar surface area (TPSA) is 68.6 Å². The Balaban J connectivity index is 1.82. The summed E-state index contributed by atoms with van der Waals surface area (Å²) in [7, 11) is 3.07. The first-order chi connectivity index (χ1) is 12.6. The molecule has 0 aliphatic carbocycles. The number of methoxy groups -OCH3 is 2. The predicted octanol–water partition coefficient (Wildman–Crippen LogP) is 3.94. The van der Waals surface area contributed by atoms with Crippen molar-refractivity contribution in [1.82, 2.24) is 14.7 Å². The summed E-state index contributed by atoms with van der Waals surface area (Å²) >= 11 is 6.19. The van der Waals surface area contributed by atoms with Crippen LogP contribution in [0.25, 0.3) is 0 Å². The van der Waals surface area contributed by atoms with Gasteiger partial charge in [-0.15, -0.1) is 0 Å². The van der Waals surface area contributed by atoms with Crippen LogP contribution in [0.4, 0.5) is 10.5 Å². The largest absolute Gasteiger partial charge is 0.495 e. The van der Waals surface area contributed by atoms with Crippen molar-refractivity contribution >= 4 is 23.3 Å². The molecule has 0 bridgehead atoms. The Labute approximate surface area is 157 Å². The highest BCUT2D eigenvalue weighted by Gasteiger charge is 2.32. The molecule has 0 unspecified atom stereocenters. The highest BCUT2D eigenvalue weighted by Crippen LogP contribution is 2.37. The number of hydrogen-bond donors (Lipinski definition) is 1. The molecule has 1 saturated heterocycles. The monoisotopic (exact) mass is 378 g/mol. The van der Waals surface area contributed by atoms with E-state index < -0.39 is 0 Å². The molecule has 2 amide bonds. The van der Waals surface area contributed by atoms with Gasteiger partial charge < -0.3 is 19.7 Å². The van der Waals surface area contributed by atoms with E-state index in [1.54, 1.807) is 18.3 Å². The summed E-state index contributed by atoms with van der Waals surface area (Å²) in [5.74, 6) is 0.987. The SMILES string of the molecule is CCn1nccc1[C@H]1CCCN1C(=O)Nc1cc(Cl)c(OC)cc1OC. The van der Waals surface area contributed by atoms with Gasteiger partial charge in [0.05, 0.1) is 36.7 Å². The van der Waals surface area contributed by atoms with E-state index in [0.717, 1.165) is 25.1 Å². The number of benzene rings is 1. The Kier molecular flexibility index (Phi) is 5.56. The Morgan fingerprint density at radius 1 is 1.35 bits per heavy atom. The molecule has 140 valence electrons. The molecule has 3 rings (SSSR count). The van der Waals surface area contributed by atoms with Crippen LogP contribution in [0.2, 0.25) is 5.02 Å². The van der Waals surface area contributed by atoms with Crippen molar-refractivity contribution < 1.29 is 14.3 Å². The first-order valence-corrected chi connectivity index (χ1v) is 8.97. The number of urea groups is 1. The number of anilines is 1. The van der Waals surface area contributed by atoms with Gasteiger partial charge in [0, 0.05) is 25.4 Å². The van der Waals surface area contributed by atoms with Gasteiger partial charge in [0.2, 0.25) is 0 Å². The minimum absolute atomic E-state index is 0.0113.